The molecule has 4 heteroatoms. The van der Waals surface area contributed by atoms with Gasteiger partial charge in [0.1, 0.15) is 6.54 Å². The molecule has 0 atom stereocenters. The molecule has 0 aliphatic heterocycles. The highest BCUT2D eigenvalue weighted by Gasteiger charge is 2.04. The molecule has 0 unspecified atom stereocenters. The summed E-state index contributed by atoms with van der Waals surface area (Å²) < 4.78 is 4.46. The maximum atomic E-state index is 11.4. The average Bonchev–Trinajstić information content (AvgIpc) is 2.53. The molecule has 22 heavy (non-hydrogen) atoms. The van der Waals surface area contributed by atoms with Crippen LogP contribution in [0.2, 0.25) is 0 Å². The largest absolute Gasteiger partial charge is 0.468 e. The topological polar surface area (TPSA) is 55.4 Å². The Morgan fingerprint density at radius 2 is 1.23 bits per heavy atom. The Labute approximate surface area is 136 Å². The zero-order valence-corrected chi connectivity index (χ0v) is 14.6. The van der Waals surface area contributed by atoms with Crippen LogP contribution in [0.15, 0.2) is 0 Å². The van der Waals surface area contributed by atoms with E-state index in [1.54, 1.807) is 0 Å². The molecule has 0 saturated heterocycles. The first-order valence-electron chi connectivity index (χ1n) is 9.04. The summed E-state index contributed by atoms with van der Waals surface area (Å²) in [6.07, 6.45) is 15.9. The van der Waals surface area contributed by atoms with E-state index in [0.29, 0.717) is 6.42 Å². The molecule has 0 heterocycles. The van der Waals surface area contributed by atoms with Crippen LogP contribution in [0, 0.1) is 0 Å². The number of carbonyl (C=O) groups excluding carboxylic acids is 2. The zero-order chi connectivity index (χ0) is 16.5. The van der Waals surface area contributed by atoms with Gasteiger partial charge in [0.25, 0.3) is 0 Å². The van der Waals surface area contributed by atoms with E-state index in [2.05, 4.69) is 17.0 Å². The second-order valence-electron chi connectivity index (χ2n) is 5.99. The predicted molar refractivity (Wildman–Crippen MR) is 90.7 cm³/mol. The summed E-state index contributed by atoms with van der Waals surface area (Å²) in [5, 5.41) is 2.56. The fourth-order valence-electron chi connectivity index (χ4n) is 2.46. The number of esters is 1. The van der Waals surface area contributed by atoms with Crippen molar-refractivity contribution in [2.24, 2.45) is 0 Å². The van der Waals surface area contributed by atoms with Crippen molar-refractivity contribution in [2.45, 2.75) is 90.4 Å². The maximum absolute atomic E-state index is 11.4. The number of ether oxygens (including phenoxy) is 1. The van der Waals surface area contributed by atoms with Crippen molar-refractivity contribution in [1.82, 2.24) is 5.32 Å². The zero-order valence-electron chi connectivity index (χ0n) is 14.6. The molecule has 0 aromatic carbocycles. The Balaban J connectivity index is 3.16. The minimum Gasteiger partial charge on any atom is -0.468 e. The number of hydrogen-bond donors (Lipinski definition) is 1. The summed E-state index contributed by atoms with van der Waals surface area (Å²) in [6, 6.07) is 0. The summed E-state index contributed by atoms with van der Waals surface area (Å²) in [7, 11) is 1.32. The van der Waals surface area contributed by atoms with Crippen molar-refractivity contribution in [3.05, 3.63) is 0 Å². The van der Waals surface area contributed by atoms with Gasteiger partial charge in [0, 0.05) is 6.42 Å². The summed E-state index contributed by atoms with van der Waals surface area (Å²) in [4.78, 5) is 22.3. The van der Waals surface area contributed by atoms with E-state index in [1.807, 2.05) is 0 Å². The van der Waals surface area contributed by atoms with Crippen molar-refractivity contribution < 1.29 is 14.3 Å². The highest BCUT2D eigenvalue weighted by molar-refractivity contribution is 5.81. The second kappa shape index (κ2) is 16.3. The van der Waals surface area contributed by atoms with Gasteiger partial charge >= 0.3 is 5.97 Å². The molecule has 1 N–H and O–H groups in total. The van der Waals surface area contributed by atoms with Gasteiger partial charge in [0.05, 0.1) is 7.11 Å². The lowest BCUT2D eigenvalue weighted by molar-refractivity contribution is -0.141. The number of nitrogens with one attached hydrogen (secondary N) is 1. The quantitative estimate of drug-likeness (QED) is 0.361. The van der Waals surface area contributed by atoms with Gasteiger partial charge in [-0.2, -0.15) is 0 Å². The molecule has 0 aliphatic carbocycles. The lowest BCUT2D eigenvalue weighted by atomic mass is 10.0. The van der Waals surface area contributed by atoms with E-state index < -0.39 is 5.97 Å². The summed E-state index contributed by atoms with van der Waals surface area (Å²) >= 11 is 0. The Kier molecular flexibility index (Phi) is 15.5. The minimum atomic E-state index is -0.400. The molecule has 130 valence electrons. The monoisotopic (exact) mass is 313 g/mol. The Morgan fingerprint density at radius 3 is 1.68 bits per heavy atom. The van der Waals surface area contributed by atoms with Crippen LogP contribution in [-0.2, 0) is 14.3 Å². The first-order valence-corrected chi connectivity index (χ1v) is 9.04. The third-order valence-corrected chi connectivity index (χ3v) is 3.91. The summed E-state index contributed by atoms with van der Waals surface area (Å²) in [5.41, 5.74) is 0. The Hall–Kier alpha value is -1.06. The summed E-state index contributed by atoms with van der Waals surface area (Å²) in [6.45, 7) is 2.23. The molecule has 4 nitrogen and oxygen atoms in total. The molecule has 0 aromatic heterocycles. The SMILES string of the molecule is CCCCCCCCCCCCCCC(=O)NCC(=O)OC. The molecule has 0 fully saturated rings. The molecule has 0 radical (unpaired) electrons. The molecule has 0 bridgehead atoms. The lowest BCUT2D eigenvalue weighted by Crippen LogP contribution is -2.29. The van der Waals surface area contributed by atoms with Crippen molar-refractivity contribution in [1.29, 1.82) is 0 Å². The number of unbranched alkanes of at least 4 members (excludes halogenated alkanes) is 11. The van der Waals surface area contributed by atoms with Gasteiger partial charge < -0.3 is 10.1 Å². The number of hydrogen-bond acceptors (Lipinski definition) is 3. The Morgan fingerprint density at radius 1 is 0.773 bits per heavy atom. The van der Waals surface area contributed by atoms with Crippen molar-refractivity contribution in [2.75, 3.05) is 13.7 Å². The van der Waals surface area contributed by atoms with Crippen LogP contribution in [0.4, 0.5) is 0 Å². The van der Waals surface area contributed by atoms with Gasteiger partial charge in [-0.25, -0.2) is 0 Å². The van der Waals surface area contributed by atoms with Crippen LogP contribution in [0.1, 0.15) is 90.4 Å². The van der Waals surface area contributed by atoms with E-state index in [9.17, 15) is 9.59 Å². The van der Waals surface area contributed by atoms with Gasteiger partial charge in [-0.1, -0.05) is 77.6 Å². The highest BCUT2D eigenvalue weighted by Crippen LogP contribution is 2.12. The van der Waals surface area contributed by atoms with Crippen LogP contribution < -0.4 is 5.32 Å². The third-order valence-electron chi connectivity index (χ3n) is 3.91. The van der Waals surface area contributed by atoms with Crippen molar-refractivity contribution >= 4 is 11.9 Å². The van der Waals surface area contributed by atoms with Crippen LogP contribution in [0.5, 0.6) is 0 Å². The van der Waals surface area contributed by atoms with E-state index in [4.69, 9.17) is 0 Å². The average molecular weight is 313 g/mol. The van der Waals surface area contributed by atoms with Crippen LogP contribution in [0.25, 0.3) is 0 Å². The summed E-state index contributed by atoms with van der Waals surface area (Å²) in [5.74, 6) is -0.458. The maximum Gasteiger partial charge on any atom is 0.325 e. The molecular formula is C18H35NO3. The van der Waals surface area contributed by atoms with Gasteiger partial charge in [-0.05, 0) is 6.42 Å². The van der Waals surface area contributed by atoms with Crippen LogP contribution >= 0.6 is 0 Å². The number of rotatable bonds is 15. The minimum absolute atomic E-state index is 0.0202. The van der Waals surface area contributed by atoms with Crippen LogP contribution in [0.3, 0.4) is 0 Å². The number of carbonyl (C=O) groups is 2. The normalized spacial score (nSPS) is 10.5. The molecule has 0 rings (SSSR count). The first-order chi connectivity index (χ1) is 10.7. The van der Waals surface area contributed by atoms with Crippen molar-refractivity contribution in [3.8, 4) is 0 Å². The van der Waals surface area contributed by atoms with E-state index in [-0.39, 0.29) is 12.5 Å². The van der Waals surface area contributed by atoms with Crippen LogP contribution in [-0.4, -0.2) is 25.5 Å². The smallest absolute Gasteiger partial charge is 0.325 e. The standard InChI is InChI=1S/C18H35NO3/c1-3-4-5-6-7-8-9-10-11-12-13-14-15-17(20)19-16-18(21)22-2/h3-16H2,1-2H3,(H,19,20). The predicted octanol–water partition coefficient (Wildman–Crippen LogP) is 4.37. The van der Waals surface area contributed by atoms with Gasteiger partial charge in [0.15, 0.2) is 0 Å². The van der Waals surface area contributed by atoms with Gasteiger partial charge in [-0.15, -0.1) is 0 Å². The Bertz CT molecular complexity index is 280. The number of methoxy groups -OCH3 is 1. The lowest BCUT2D eigenvalue weighted by Gasteiger charge is -2.04. The second-order valence-corrected chi connectivity index (χ2v) is 5.99. The third kappa shape index (κ3) is 15.3. The van der Waals surface area contributed by atoms with Gasteiger partial charge in [-0.3, -0.25) is 9.59 Å². The molecule has 0 aliphatic rings. The molecule has 0 spiro atoms. The number of amides is 1. The first kappa shape index (κ1) is 20.9. The van der Waals surface area contributed by atoms with Crippen molar-refractivity contribution in [3.63, 3.8) is 0 Å². The van der Waals surface area contributed by atoms with E-state index in [0.717, 1.165) is 12.8 Å². The molecular weight excluding hydrogens is 278 g/mol. The van der Waals surface area contributed by atoms with E-state index >= 15 is 0 Å². The van der Waals surface area contributed by atoms with E-state index in [1.165, 1.54) is 71.3 Å². The molecule has 0 saturated carbocycles. The fourth-order valence-corrected chi connectivity index (χ4v) is 2.46. The molecule has 0 aromatic rings. The molecule has 1 amide bonds. The fraction of sp³-hybridized carbons (Fsp3) is 0.889. The highest BCUT2D eigenvalue weighted by atomic mass is 16.5. The van der Waals surface area contributed by atoms with Gasteiger partial charge in [0.2, 0.25) is 5.91 Å².